The Morgan fingerprint density at radius 1 is 1.35 bits per heavy atom. The van der Waals surface area contributed by atoms with E-state index in [1.807, 2.05) is 23.7 Å². The van der Waals surface area contributed by atoms with Crippen LogP contribution in [0.25, 0.3) is 10.9 Å². The molecule has 1 fully saturated rings. The molecule has 1 saturated heterocycles. The Labute approximate surface area is 152 Å². The summed E-state index contributed by atoms with van der Waals surface area (Å²) in [7, 11) is 1.99. The second-order valence-corrected chi connectivity index (χ2v) is 7.15. The molecular formula is C19H24N6O. The van der Waals surface area contributed by atoms with Crippen LogP contribution in [0, 0.1) is 0 Å². The van der Waals surface area contributed by atoms with E-state index in [0.717, 1.165) is 42.7 Å². The van der Waals surface area contributed by atoms with Gasteiger partial charge >= 0.3 is 0 Å². The Hall–Kier alpha value is -2.67. The van der Waals surface area contributed by atoms with Gasteiger partial charge in [-0.15, -0.1) is 10.2 Å². The number of likely N-dealkylation sites (tertiary alicyclic amines) is 1. The predicted octanol–water partition coefficient (Wildman–Crippen LogP) is 2.34. The number of piperidine rings is 1. The largest absolute Gasteiger partial charge is 0.366 e. The molecule has 7 nitrogen and oxygen atoms in total. The molecule has 3 heterocycles. The molecule has 0 saturated carbocycles. The summed E-state index contributed by atoms with van der Waals surface area (Å²) in [5.41, 5.74) is 8.35. The third-order valence-electron chi connectivity index (χ3n) is 5.64. The number of carbonyl (C=O) groups is 1. The summed E-state index contributed by atoms with van der Waals surface area (Å²) in [5.74, 6) is 1.10. The molecule has 3 N–H and O–H groups in total. The number of aryl methyl sites for hydroxylation is 1. The lowest BCUT2D eigenvalue weighted by atomic mass is 9.88. The monoisotopic (exact) mass is 352 g/mol. The van der Waals surface area contributed by atoms with E-state index >= 15 is 0 Å². The summed E-state index contributed by atoms with van der Waals surface area (Å²) in [6.07, 6.45) is 5.99. The van der Waals surface area contributed by atoms with Crippen molar-refractivity contribution in [1.29, 1.82) is 0 Å². The summed E-state index contributed by atoms with van der Waals surface area (Å²) in [4.78, 5) is 17.3. The van der Waals surface area contributed by atoms with Gasteiger partial charge in [-0.25, -0.2) is 0 Å². The topological polar surface area (TPSA) is 92.8 Å². The predicted molar refractivity (Wildman–Crippen MR) is 99.8 cm³/mol. The number of nitrogens with two attached hydrogens (primary N) is 1. The lowest BCUT2D eigenvalue weighted by Crippen LogP contribution is -2.36. The van der Waals surface area contributed by atoms with Gasteiger partial charge in [0.2, 0.25) is 5.91 Å². The highest BCUT2D eigenvalue weighted by Crippen LogP contribution is 2.35. The Morgan fingerprint density at radius 2 is 2.12 bits per heavy atom. The highest BCUT2D eigenvalue weighted by molar-refractivity contribution is 5.97. The van der Waals surface area contributed by atoms with Crippen molar-refractivity contribution in [2.45, 2.75) is 31.7 Å². The summed E-state index contributed by atoms with van der Waals surface area (Å²) < 4.78 is 1.99. The number of H-pyrrole nitrogens is 1. The van der Waals surface area contributed by atoms with Crippen molar-refractivity contribution in [2.75, 3.05) is 13.1 Å². The van der Waals surface area contributed by atoms with Crippen LogP contribution in [-0.4, -0.2) is 43.6 Å². The molecule has 3 aromatic rings. The van der Waals surface area contributed by atoms with E-state index < -0.39 is 0 Å². The van der Waals surface area contributed by atoms with Crippen LogP contribution in [0.3, 0.4) is 0 Å². The molecule has 1 aliphatic rings. The number of fused-ring (bicyclic) bond motifs is 1. The van der Waals surface area contributed by atoms with Gasteiger partial charge in [-0.2, -0.15) is 0 Å². The fraction of sp³-hybridized carbons (Fsp3) is 0.421. The molecule has 1 aromatic carbocycles. The normalized spacial score (nSPS) is 17.6. The van der Waals surface area contributed by atoms with Gasteiger partial charge in [-0.1, -0.05) is 0 Å². The van der Waals surface area contributed by atoms with Gasteiger partial charge in [-0.05, 0) is 62.5 Å². The molecule has 1 unspecified atom stereocenters. The first-order chi connectivity index (χ1) is 12.5. The van der Waals surface area contributed by atoms with E-state index in [9.17, 15) is 4.79 Å². The average Bonchev–Trinajstić information content (AvgIpc) is 3.26. The van der Waals surface area contributed by atoms with Gasteiger partial charge in [-0.3, -0.25) is 9.69 Å². The van der Waals surface area contributed by atoms with Gasteiger partial charge in [0.1, 0.15) is 12.2 Å². The number of primary amides is 1. The summed E-state index contributed by atoms with van der Waals surface area (Å²) >= 11 is 0. The van der Waals surface area contributed by atoms with E-state index in [1.165, 1.54) is 5.56 Å². The van der Waals surface area contributed by atoms with E-state index in [2.05, 4.69) is 33.2 Å². The summed E-state index contributed by atoms with van der Waals surface area (Å²) in [6, 6.07) is 5.88. The number of nitrogens with zero attached hydrogens (tertiary/aromatic N) is 4. The first-order valence-electron chi connectivity index (χ1n) is 9.03. The van der Waals surface area contributed by atoms with Crippen molar-refractivity contribution in [1.82, 2.24) is 24.6 Å². The third kappa shape index (κ3) is 2.88. The Bertz CT molecular complexity index is 935. The van der Waals surface area contributed by atoms with E-state index in [0.29, 0.717) is 11.5 Å². The number of carbonyl (C=O) groups excluding carboxylic acids is 1. The molecule has 1 atom stereocenters. The molecular weight excluding hydrogens is 328 g/mol. The van der Waals surface area contributed by atoms with Crippen LogP contribution in [0.1, 0.15) is 53.5 Å². The molecule has 2 aromatic heterocycles. The van der Waals surface area contributed by atoms with Crippen LogP contribution in [0.2, 0.25) is 0 Å². The number of aromatic amines is 1. The van der Waals surface area contributed by atoms with E-state index in [1.54, 1.807) is 12.4 Å². The van der Waals surface area contributed by atoms with Crippen LogP contribution in [0.4, 0.5) is 0 Å². The lowest BCUT2D eigenvalue weighted by molar-refractivity contribution is 0.100. The molecule has 136 valence electrons. The van der Waals surface area contributed by atoms with Gasteiger partial charge in [0.25, 0.3) is 0 Å². The van der Waals surface area contributed by atoms with Crippen molar-refractivity contribution in [3.05, 3.63) is 47.7 Å². The second kappa shape index (κ2) is 6.57. The zero-order chi connectivity index (χ0) is 18.3. The van der Waals surface area contributed by atoms with Crippen LogP contribution in [0.5, 0.6) is 0 Å². The molecule has 4 rings (SSSR count). The highest BCUT2D eigenvalue weighted by atomic mass is 16.1. The van der Waals surface area contributed by atoms with E-state index in [-0.39, 0.29) is 11.9 Å². The Kier molecular flexibility index (Phi) is 4.24. The lowest BCUT2D eigenvalue weighted by Gasteiger charge is -2.35. The minimum absolute atomic E-state index is 0.257. The maximum Gasteiger partial charge on any atom is 0.248 e. The quantitative estimate of drug-likeness (QED) is 0.754. The number of hydrogen-bond acceptors (Lipinski definition) is 4. The molecule has 0 radical (unpaired) electrons. The first kappa shape index (κ1) is 16.8. The Morgan fingerprint density at radius 3 is 2.77 bits per heavy atom. The SMILES string of the molecule is CC(c1nncn1C)N1CCC(c2c[nH]c3ccc(C(N)=O)cc23)CC1. The van der Waals surface area contributed by atoms with Gasteiger partial charge in [0.15, 0.2) is 0 Å². The van der Waals surface area contributed by atoms with Crippen LogP contribution >= 0.6 is 0 Å². The maximum atomic E-state index is 11.5. The van der Waals surface area contributed by atoms with Crippen molar-refractivity contribution < 1.29 is 4.79 Å². The van der Waals surface area contributed by atoms with Crippen molar-refractivity contribution >= 4 is 16.8 Å². The fourth-order valence-electron chi connectivity index (χ4n) is 4.06. The number of hydrogen-bond donors (Lipinski definition) is 2. The van der Waals surface area contributed by atoms with Crippen molar-refractivity contribution in [2.24, 2.45) is 12.8 Å². The molecule has 1 aliphatic heterocycles. The molecule has 0 bridgehead atoms. The summed E-state index contributed by atoms with van der Waals surface area (Å²) in [6.45, 7) is 4.22. The molecule has 1 amide bonds. The van der Waals surface area contributed by atoms with Crippen molar-refractivity contribution in [3.8, 4) is 0 Å². The van der Waals surface area contributed by atoms with Crippen LogP contribution in [0.15, 0.2) is 30.7 Å². The van der Waals surface area contributed by atoms with Gasteiger partial charge in [0.05, 0.1) is 6.04 Å². The molecule has 0 spiro atoms. The first-order valence-corrected chi connectivity index (χ1v) is 9.03. The minimum atomic E-state index is -0.383. The molecule has 0 aliphatic carbocycles. The van der Waals surface area contributed by atoms with Gasteiger partial charge in [0, 0.05) is 29.7 Å². The smallest absolute Gasteiger partial charge is 0.248 e. The number of aromatic nitrogens is 4. The minimum Gasteiger partial charge on any atom is -0.366 e. The van der Waals surface area contributed by atoms with Crippen LogP contribution in [-0.2, 0) is 7.05 Å². The zero-order valence-corrected chi connectivity index (χ0v) is 15.1. The molecule has 7 heteroatoms. The maximum absolute atomic E-state index is 11.5. The van der Waals surface area contributed by atoms with Gasteiger partial charge < -0.3 is 15.3 Å². The van der Waals surface area contributed by atoms with Crippen LogP contribution < -0.4 is 5.73 Å². The fourth-order valence-corrected chi connectivity index (χ4v) is 4.06. The standard InChI is InChI=1S/C19H24N6O/c1-12(19-23-22-11-24(19)2)25-7-5-13(6-8-25)16-10-21-17-4-3-14(18(20)26)9-15(16)17/h3-4,9-13,21H,5-8H2,1-2H3,(H2,20,26). The second-order valence-electron chi connectivity index (χ2n) is 7.15. The zero-order valence-electron chi connectivity index (χ0n) is 15.1. The average molecular weight is 352 g/mol. The van der Waals surface area contributed by atoms with E-state index in [4.69, 9.17) is 5.73 Å². The highest BCUT2D eigenvalue weighted by Gasteiger charge is 2.27. The molecule has 26 heavy (non-hydrogen) atoms. The number of nitrogens with one attached hydrogen (secondary N) is 1. The van der Waals surface area contributed by atoms with Crippen molar-refractivity contribution in [3.63, 3.8) is 0 Å². The number of benzene rings is 1. The number of amides is 1. The third-order valence-corrected chi connectivity index (χ3v) is 5.64. The summed E-state index contributed by atoms with van der Waals surface area (Å²) in [5, 5.41) is 9.36. The Balaban J connectivity index is 1.51. The number of rotatable bonds is 4.